The van der Waals surface area contributed by atoms with Gasteiger partial charge < -0.3 is 9.52 Å². The Bertz CT molecular complexity index is 467. The van der Waals surface area contributed by atoms with Crippen molar-refractivity contribution in [3.63, 3.8) is 0 Å². The monoisotopic (exact) mass is 267 g/mol. The molecule has 2 aromatic rings. The van der Waals surface area contributed by atoms with Crippen molar-refractivity contribution in [3.8, 4) is 0 Å². The minimum atomic E-state index is -0.775. The van der Waals surface area contributed by atoms with Gasteiger partial charge >= 0.3 is 0 Å². The van der Waals surface area contributed by atoms with E-state index in [-0.39, 0.29) is 0 Å². The van der Waals surface area contributed by atoms with Crippen LogP contribution in [0.4, 0.5) is 0 Å². The van der Waals surface area contributed by atoms with E-state index >= 15 is 0 Å². The highest BCUT2D eigenvalue weighted by Crippen LogP contribution is 2.30. The number of pyridine rings is 1. The lowest BCUT2D eigenvalue weighted by atomic mass is 10.1. The highest BCUT2D eigenvalue weighted by molar-refractivity contribution is 9.10. The van der Waals surface area contributed by atoms with Crippen LogP contribution in [0.3, 0.4) is 0 Å². The first-order valence-electron chi connectivity index (χ1n) is 4.52. The molecule has 2 aromatic heterocycles. The van der Waals surface area contributed by atoms with Crippen molar-refractivity contribution in [3.05, 3.63) is 52.1 Å². The molecule has 1 unspecified atom stereocenters. The van der Waals surface area contributed by atoms with Gasteiger partial charge in [-0.1, -0.05) is 6.07 Å². The van der Waals surface area contributed by atoms with Gasteiger partial charge in [0.15, 0.2) is 5.76 Å². The Labute approximate surface area is 95.9 Å². The quantitative estimate of drug-likeness (QED) is 0.910. The summed E-state index contributed by atoms with van der Waals surface area (Å²) in [6.45, 7) is 1.86. The molecule has 1 atom stereocenters. The maximum absolute atomic E-state index is 10.1. The van der Waals surface area contributed by atoms with Gasteiger partial charge in [-0.3, -0.25) is 4.98 Å². The van der Waals surface area contributed by atoms with Crippen LogP contribution in [0.25, 0.3) is 0 Å². The summed E-state index contributed by atoms with van der Waals surface area (Å²) in [7, 11) is 0. The maximum atomic E-state index is 10.1. The number of hydrogen-bond acceptors (Lipinski definition) is 3. The molecule has 2 rings (SSSR count). The van der Waals surface area contributed by atoms with E-state index in [4.69, 9.17) is 4.42 Å². The van der Waals surface area contributed by atoms with E-state index in [1.165, 1.54) is 6.26 Å². The fourth-order valence-electron chi connectivity index (χ4n) is 1.43. The molecule has 0 fully saturated rings. The van der Waals surface area contributed by atoms with Crippen molar-refractivity contribution in [1.29, 1.82) is 0 Å². The molecule has 0 aliphatic heterocycles. The molecule has 2 heterocycles. The van der Waals surface area contributed by atoms with E-state index < -0.39 is 6.10 Å². The predicted molar refractivity (Wildman–Crippen MR) is 59.4 cm³/mol. The highest BCUT2D eigenvalue weighted by atomic mass is 79.9. The van der Waals surface area contributed by atoms with Crippen LogP contribution in [0.15, 0.2) is 39.5 Å². The van der Waals surface area contributed by atoms with Crippen LogP contribution in [0.1, 0.15) is 23.1 Å². The molecule has 0 aromatic carbocycles. The number of aryl methyl sites for hydroxylation is 1. The molecule has 1 N–H and O–H groups in total. The molecule has 78 valence electrons. The van der Waals surface area contributed by atoms with Crippen molar-refractivity contribution in [2.45, 2.75) is 13.0 Å². The average Bonchev–Trinajstić information content (AvgIpc) is 2.64. The van der Waals surface area contributed by atoms with E-state index in [1.54, 1.807) is 18.3 Å². The summed E-state index contributed by atoms with van der Waals surface area (Å²) in [6.07, 6.45) is 2.46. The zero-order valence-corrected chi connectivity index (χ0v) is 9.73. The van der Waals surface area contributed by atoms with Gasteiger partial charge in [-0.25, -0.2) is 0 Å². The highest BCUT2D eigenvalue weighted by Gasteiger charge is 2.18. The van der Waals surface area contributed by atoms with Gasteiger partial charge in [-0.15, -0.1) is 0 Å². The van der Waals surface area contributed by atoms with Crippen molar-refractivity contribution >= 4 is 15.9 Å². The zero-order valence-electron chi connectivity index (χ0n) is 8.14. The van der Waals surface area contributed by atoms with Gasteiger partial charge in [-0.2, -0.15) is 0 Å². The minimum absolute atomic E-state index is 0.506. The van der Waals surface area contributed by atoms with Crippen molar-refractivity contribution in [2.24, 2.45) is 0 Å². The SMILES string of the molecule is Cc1ncccc1C(O)c1occc1Br. The number of aliphatic hydroxyl groups is 1. The number of aliphatic hydroxyl groups excluding tert-OH is 1. The summed E-state index contributed by atoms with van der Waals surface area (Å²) in [5.74, 6) is 0.506. The Hall–Kier alpha value is -1.13. The van der Waals surface area contributed by atoms with Crippen LogP contribution in [-0.2, 0) is 0 Å². The van der Waals surface area contributed by atoms with Crippen LogP contribution < -0.4 is 0 Å². The number of furan rings is 1. The number of halogens is 1. The van der Waals surface area contributed by atoms with Gasteiger partial charge in [-0.05, 0) is 35.0 Å². The molecule has 0 saturated carbocycles. The normalized spacial score (nSPS) is 12.7. The number of nitrogens with zero attached hydrogens (tertiary/aromatic N) is 1. The van der Waals surface area contributed by atoms with Crippen LogP contribution in [0.5, 0.6) is 0 Å². The van der Waals surface area contributed by atoms with Crippen molar-refractivity contribution in [1.82, 2.24) is 4.98 Å². The second kappa shape index (κ2) is 4.16. The summed E-state index contributed by atoms with van der Waals surface area (Å²) in [5, 5.41) is 10.1. The van der Waals surface area contributed by atoms with E-state index in [0.29, 0.717) is 5.76 Å². The lowest BCUT2D eigenvalue weighted by Gasteiger charge is -2.10. The molecule has 15 heavy (non-hydrogen) atoms. The van der Waals surface area contributed by atoms with Crippen LogP contribution in [0, 0.1) is 6.92 Å². The molecule has 0 bridgehead atoms. The fraction of sp³-hybridized carbons (Fsp3) is 0.182. The lowest BCUT2D eigenvalue weighted by molar-refractivity contribution is 0.187. The summed E-state index contributed by atoms with van der Waals surface area (Å²) >= 11 is 3.31. The lowest BCUT2D eigenvalue weighted by Crippen LogP contribution is -2.02. The van der Waals surface area contributed by atoms with Gasteiger partial charge in [0.25, 0.3) is 0 Å². The Morgan fingerprint density at radius 1 is 1.47 bits per heavy atom. The molecule has 0 spiro atoms. The first-order chi connectivity index (χ1) is 7.20. The van der Waals surface area contributed by atoms with Gasteiger partial charge in [0.05, 0.1) is 10.7 Å². The predicted octanol–water partition coefficient (Wildman–Crippen LogP) is 2.83. The molecule has 3 nitrogen and oxygen atoms in total. The van der Waals surface area contributed by atoms with Crippen LogP contribution >= 0.6 is 15.9 Å². The molecule has 0 amide bonds. The Morgan fingerprint density at radius 2 is 2.27 bits per heavy atom. The summed E-state index contributed by atoms with van der Waals surface area (Å²) < 4.78 is 5.97. The van der Waals surface area contributed by atoms with Gasteiger partial charge in [0.2, 0.25) is 0 Å². The summed E-state index contributed by atoms with van der Waals surface area (Å²) in [6, 6.07) is 5.38. The molecule has 0 saturated heterocycles. The Balaban J connectivity index is 2.41. The van der Waals surface area contributed by atoms with E-state index in [9.17, 15) is 5.11 Å². The molecular weight excluding hydrogens is 258 g/mol. The third kappa shape index (κ3) is 1.96. The zero-order chi connectivity index (χ0) is 10.8. The van der Waals surface area contributed by atoms with Gasteiger partial charge in [0, 0.05) is 17.5 Å². The summed E-state index contributed by atoms with van der Waals surface area (Å²) in [4.78, 5) is 4.12. The Kier molecular flexibility index (Phi) is 2.88. The van der Waals surface area contributed by atoms with Crippen molar-refractivity contribution in [2.75, 3.05) is 0 Å². The molecule has 4 heteroatoms. The van der Waals surface area contributed by atoms with E-state index in [0.717, 1.165) is 15.7 Å². The third-order valence-electron chi connectivity index (χ3n) is 2.24. The molecular formula is C11H10BrNO2. The number of rotatable bonds is 2. The fourth-order valence-corrected chi connectivity index (χ4v) is 1.85. The first-order valence-corrected chi connectivity index (χ1v) is 5.32. The Morgan fingerprint density at radius 3 is 2.87 bits per heavy atom. The minimum Gasteiger partial charge on any atom is -0.465 e. The standard InChI is InChI=1S/C11H10BrNO2/c1-7-8(3-2-5-13-7)10(14)11-9(12)4-6-15-11/h2-6,10,14H,1H3. The van der Waals surface area contributed by atoms with Crippen LogP contribution in [0.2, 0.25) is 0 Å². The molecule has 0 radical (unpaired) electrons. The average molecular weight is 268 g/mol. The number of hydrogen-bond donors (Lipinski definition) is 1. The van der Waals surface area contributed by atoms with E-state index in [1.807, 2.05) is 13.0 Å². The second-order valence-corrected chi connectivity index (χ2v) is 4.07. The third-order valence-corrected chi connectivity index (χ3v) is 2.89. The first kappa shape index (κ1) is 10.4. The molecule has 0 aliphatic carbocycles. The largest absolute Gasteiger partial charge is 0.465 e. The number of aromatic nitrogens is 1. The van der Waals surface area contributed by atoms with E-state index in [2.05, 4.69) is 20.9 Å². The van der Waals surface area contributed by atoms with Gasteiger partial charge in [0.1, 0.15) is 6.10 Å². The van der Waals surface area contributed by atoms with Crippen molar-refractivity contribution < 1.29 is 9.52 Å². The second-order valence-electron chi connectivity index (χ2n) is 3.21. The van der Waals surface area contributed by atoms with Crippen LogP contribution in [-0.4, -0.2) is 10.1 Å². The summed E-state index contributed by atoms with van der Waals surface area (Å²) in [5.41, 5.74) is 1.56. The topological polar surface area (TPSA) is 46.3 Å². The smallest absolute Gasteiger partial charge is 0.151 e. The maximum Gasteiger partial charge on any atom is 0.151 e. The molecule has 0 aliphatic rings.